The topological polar surface area (TPSA) is 87.2 Å². The summed E-state index contributed by atoms with van der Waals surface area (Å²) in [6, 6.07) is 15.9. The first-order valence-corrected chi connectivity index (χ1v) is 7.54. The van der Waals surface area contributed by atoms with Gasteiger partial charge in [0, 0.05) is 0 Å². The summed E-state index contributed by atoms with van der Waals surface area (Å²) in [4.78, 5) is 23.0. The molecule has 0 amide bonds. The van der Waals surface area contributed by atoms with E-state index in [4.69, 9.17) is 4.74 Å². The van der Waals surface area contributed by atoms with Crippen LogP contribution in [0.4, 0.5) is 0 Å². The molecule has 2 aromatic carbocycles. The van der Waals surface area contributed by atoms with E-state index in [0.717, 1.165) is 11.3 Å². The van der Waals surface area contributed by atoms with Crippen LogP contribution >= 0.6 is 0 Å². The van der Waals surface area contributed by atoms with Crippen LogP contribution in [-0.4, -0.2) is 22.4 Å². The van der Waals surface area contributed by atoms with Crippen molar-refractivity contribution in [2.45, 2.75) is 0 Å². The minimum Gasteiger partial charge on any atom is -0.546 e. The minimum absolute atomic E-state index is 0.200. The van der Waals surface area contributed by atoms with Crippen LogP contribution in [0.2, 0.25) is 0 Å². The Kier molecular flexibility index (Phi) is 4.52. The maximum Gasteiger partial charge on any atom is 0.279 e. The van der Waals surface area contributed by atoms with E-state index >= 15 is 0 Å². The van der Waals surface area contributed by atoms with Gasteiger partial charge < -0.3 is 14.6 Å². The first-order valence-electron chi connectivity index (χ1n) is 7.54. The third-order valence-electron chi connectivity index (χ3n) is 3.57. The Balaban J connectivity index is 1.94. The Labute approximate surface area is 142 Å². The maximum absolute atomic E-state index is 12.6. The number of aromatic amines is 1. The SMILES string of the molecule is C=c1[nH]n(-c2ccccc2)c(=O)/c1=C\c1ccc(OCC(=O)[O-])cc1. The molecule has 0 aliphatic rings. The monoisotopic (exact) mass is 335 g/mol. The summed E-state index contributed by atoms with van der Waals surface area (Å²) in [5.74, 6) is -0.877. The number of para-hydroxylation sites is 1. The van der Waals surface area contributed by atoms with Gasteiger partial charge in [-0.25, -0.2) is 4.68 Å². The fraction of sp³-hybridized carbons (Fsp3) is 0.0526. The molecule has 0 unspecified atom stereocenters. The van der Waals surface area contributed by atoms with Crippen LogP contribution in [0.3, 0.4) is 0 Å². The molecule has 25 heavy (non-hydrogen) atoms. The molecule has 1 heterocycles. The molecule has 0 saturated heterocycles. The van der Waals surface area contributed by atoms with E-state index in [-0.39, 0.29) is 5.56 Å². The smallest absolute Gasteiger partial charge is 0.279 e. The van der Waals surface area contributed by atoms with Crippen molar-refractivity contribution >= 4 is 18.6 Å². The lowest BCUT2D eigenvalue weighted by atomic mass is 10.2. The van der Waals surface area contributed by atoms with Gasteiger partial charge in [0.25, 0.3) is 5.56 Å². The summed E-state index contributed by atoms with van der Waals surface area (Å²) in [6.07, 6.45) is 1.71. The first-order chi connectivity index (χ1) is 12.0. The summed E-state index contributed by atoms with van der Waals surface area (Å²) in [6.45, 7) is 3.38. The molecule has 6 heteroatoms. The number of nitrogens with one attached hydrogen (secondary N) is 1. The fourth-order valence-electron chi connectivity index (χ4n) is 2.37. The van der Waals surface area contributed by atoms with E-state index in [9.17, 15) is 14.7 Å². The quantitative estimate of drug-likeness (QED) is 0.683. The number of H-pyrrole nitrogens is 1. The van der Waals surface area contributed by atoms with Gasteiger partial charge in [0.15, 0.2) is 0 Å². The molecule has 0 saturated carbocycles. The number of rotatable bonds is 5. The van der Waals surface area contributed by atoms with E-state index < -0.39 is 12.6 Å². The molecule has 6 nitrogen and oxygen atoms in total. The van der Waals surface area contributed by atoms with Gasteiger partial charge >= 0.3 is 0 Å². The third kappa shape index (κ3) is 3.69. The molecular formula is C19H15N2O4-. The number of carbonyl (C=O) groups is 1. The zero-order valence-corrected chi connectivity index (χ0v) is 13.3. The first kappa shape index (κ1) is 16.3. The van der Waals surface area contributed by atoms with Crippen LogP contribution in [-0.2, 0) is 4.79 Å². The van der Waals surface area contributed by atoms with Gasteiger partial charge in [-0.05, 0) is 35.9 Å². The van der Waals surface area contributed by atoms with Crippen molar-refractivity contribution < 1.29 is 14.6 Å². The minimum atomic E-state index is -1.29. The zero-order chi connectivity index (χ0) is 17.8. The van der Waals surface area contributed by atoms with Gasteiger partial charge in [0.2, 0.25) is 0 Å². The van der Waals surface area contributed by atoms with Gasteiger partial charge in [-0.1, -0.05) is 36.9 Å². The lowest BCUT2D eigenvalue weighted by Gasteiger charge is -2.06. The standard InChI is InChI=1S/C19H16N2O4/c1-13-17(19(24)21(20-13)15-5-3-2-4-6-15)11-14-7-9-16(10-8-14)25-12-18(22)23/h2-11,20H,1,12H2,(H,22,23)/p-1/b17-11-. The van der Waals surface area contributed by atoms with E-state index in [1.807, 2.05) is 30.3 Å². The Morgan fingerprint density at radius 1 is 1.16 bits per heavy atom. The maximum atomic E-state index is 12.6. The van der Waals surface area contributed by atoms with Gasteiger partial charge in [0.1, 0.15) is 12.4 Å². The fourth-order valence-corrected chi connectivity index (χ4v) is 2.37. The second-order valence-corrected chi connectivity index (χ2v) is 5.35. The van der Waals surface area contributed by atoms with E-state index in [0.29, 0.717) is 16.3 Å². The van der Waals surface area contributed by atoms with E-state index in [1.165, 1.54) is 4.68 Å². The third-order valence-corrected chi connectivity index (χ3v) is 3.57. The number of aliphatic carboxylic acids is 1. The summed E-state index contributed by atoms with van der Waals surface area (Å²) < 4.78 is 6.46. The van der Waals surface area contributed by atoms with Crippen LogP contribution in [0, 0.1) is 0 Å². The van der Waals surface area contributed by atoms with Crippen molar-refractivity contribution in [2.75, 3.05) is 6.61 Å². The molecule has 0 aliphatic heterocycles. The number of nitrogens with zero attached hydrogens (tertiary/aromatic N) is 1. The molecule has 0 spiro atoms. The number of hydrogen-bond acceptors (Lipinski definition) is 4. The van der Waals surface area contributed by atoms with Crippen LogP contribution in [0.25, 0.3) is 18.3 Å². The van der Waals surface area contributed by atoms with Crippen molar-refractivity contribution in [3.05, 3.63) is 81.1 Å². The van der Waals surface area contributed by atoms with Crippen LogP contribution in [0.5, 0.6) is 5.75 Å². The summed E-state index contributed by atoms with van der Waals surface area (Å²) >= 11 is 0. The molecule has 0 atom stereocenters. The highest BCUT2D eigenvalue weighted by molar-refractivity contribution is 5.66. The second-order valence-electron chi connectivity index (χ2n) is 5.35. The predicted octanol–water partition coefficient (Wildman–Crippen LogP) is -0.467. The molecule has 0 bridgehead atoms. The molecule has 3 aromatic rings. The Hall–Kier alpha value is -3.54. The van der Waals surface area contributed by atoms with Crippen LogP contribution < -0.4 is 26.0 Å². The highest BCUT2D eigenvalue weighted by Crippen LogP contribution is 2.12. The van der Waals surface area contributed by atoms with Gasteiger partial charge in [-0.15, -0.1) is 0 Å². The Bertz CT molecular complexity index is 1050. The molecule has 3 rings (SSSR count). The van der Waals surface area contributed by atoms with Gasteiger partial charge in [0.05, 0.1) is 22.2 Å². The number of ether oxygens (including phenoxy) is 1. The van der Waals surface area contributed by atoms with Crippen molar-refractivity contribution in [3.8, 4) is 11.4 Å². The molecule has 0 fully saturated rings. The number of benzene rings is 2. The number of carboxylic acids is 1. The average Bonchev–Trinajstić information content (AvgIpc) is 2.90. The molecule has 1 N–H and O–H groups in total. The molecule has 1 aromatic heterocycles. The highest BCUT2D eigenvalue weighted by Gasteiger charge is 2.04. The van der Waals surface area contributed by atoms with Crippen molar-refractivity contribution in [2.24, 2.45) is 0 Å². The largest absolute Gasteiger partial charge is 0.546 e. The van der Waals surface area contributed by atoms with Gasteiger partial charge in [-0.3, -0.25) is 9.89 Å². The number of carboxylic acid groups (broad SMARTS) is 1. The van der Waals surface area contributed by atoms with Crippen molar-refractivity contribution in [1.82, 2.24) is 9.78 Å². The Morgan fingerprint density at radius 2 is 1.84 bits per heavy atom. The molecular weight excluding hydrogens is 320 g/mol. The van der Waals surface area contributed by atoms with E-state index in [1.54, 1.807) is 30.3 Å². The summed E-state index contributed by atoms with van der Waals surface area (Å²) in [5.41, 5.74) is 1.29. The van der Waals surface area contributed by atoms with Crippen LogP contribution in [0.15, 0.2) is 59.4 Å². The Morgan fingerprint density at radius 3 is 2.48 bits per heavy atom. The molecule has 0 aliphatic carbocycles. The lowest BCUT2D eigenvalue weighted by Crippen LogP contribution is -2.33. The second kappa shape index (κ2) is 6.92. The lowest BCUT2D eigenvalue weighted by molar-refractivity contribution is -0.307. The average molecular weight is 335 g/mol. The van der Waals surface area contributed by atoms with Gasteiger partial charge in [-0.2, -0.15) is 0 Å². The van der Waals surface area contributed by atoms with Crippen LogP contribution in [0.1, 0.15) is 5.56 Å². The van der Waals surface area contributed by atoms with E-state index in [2.05, 4.69) is 11.7 Å². The summed E-state index contributed by atoms with van der Waals surface area (Å²) in [5, 5.41) is 14.3. The highest BCUT2D eigenvalue weighted by atomic mass is 16.5. The predicted molar refractivity (Wildman–Crippen MR) is 91.7 cm³/mol. The zero-order valence-electron chi connectivity index (χ0n) is 13.3. The number of hydrogen-bond donors (Lipinski definition) is 1. The molecule has 0 radical (unpaired) electrons. The number of aromatic nitrogens is 2. The van der Waals surface area contributed by atoms with Crippen molar-refractivity contribution in [1.29, 1.82) is 0 Å². The molecule has 126 valence electrons. The van der Waals surface area contributed by atoms with Crippen molar-refractivity contribution in [3.63, 3.8) is 0 Å². The normalized spacial score (nSPS) is 11.4. The number of carbonyl (C=O) groups excluding carboxylic acids is 1. The summed E-state index contributed by atoms with van der Waals surface area (Å²) in [7, 11) is 0.